The van der Waals surface area contributed by atoms with E-state index in [4.69, 9.17) is 25.3 Å². The maximum Gasteiger partial charge on any atom is 0.336 e. The maximum atomic E-state index is 12.2. The number of hydrogen-bond acceptors (Lipinski definition) is 7. The normalized spacial score (nSPS) is 11.0. The molecule has 0 fully saturated rings. The first-order chi connectivity index (χ1) is 15.0. The fourth-order valence-corrected chi connectivity index (χ4v) is 3.25. The number of hydrogen-bond donors (Lipinski definition) is 0. The third-order valence-corrected chi connectivity index (χ3v) is 5.06. The Morgan fingerprint density at radius 3 is 2.71 bits per heavy atom. The standard InChI is InChI=1S/C23H19ClN2O5/c1-2-14-3-8-18-16(12-22(28)30-19(18)11-14)13-29-21(27)10-9-20-25-23(26-31-20)15-4-6-17(24)7-5-15/h3-8,11-12H,2,9-10,13H2,1H3. The molecule has 0 amide bonds. The highest BCUT2D eigenvalue weighted by molar-refractivity contribution is 6.30. The van der Waals surface area contributed by atoms with Gasteiger partial charge in [-0.3, -0.25) is 4.79 Å². The van der Waals surface area contributed by atoms with Gasteiger partial charge >= 0.3 is 11.6 Å². The van der Waals surface area contributed by atoms with Crippen LogP contribution in [0.25, 0.3) is 22.4 Å². The lowest BCUT2D eigenvalue weighted by molar-refractivity contribution is -0.145. The van der Waals surface area contributed by atoms with Gasteiger partial charge in [0.15, 0.2) is 0 Å². The number of ether oxygens (including phenoxy) is 1. The van der Waals surface area contributed by atoms with Gasteiger partial charge in [0.05, 0.1) is 6.42 Å². The van der Waals surface area contributed by atoms with Gasteiger partial charge in [0.2, 0.25) is 11.7 Å². The summed E-state index contributed by atoms with van der Waals surface area (Å²) in [6.45, 7) is 2.00. The van der Waals surface area contributed by atoms with Crippen molar-refractivity contribution in [2.45, 2.75) is 32.8 Å². The van der Waals surface area contributed by atoms with E-state index >= 15 is 0 Å². The topological polar surface area (TPSA) is 95.4 Å². The Morgan fingerprint density at radius 1 is 1.13 bits per heavy atom. The molecule has 31 heavy (non-hydrogen) atoms. The zero-order valence-electron chi connectivity index (χ0n) is 16.8. The Morgan fingerprint density at radius 2 is 1.94 bits per heavy atom. The van der Waals surface area contributed by atoms with Crippen molar-refractivity contribution in [1.82, 2.24) is 10.1 Å². The molecule has 8 heteroatoms. The second-order valence-corrected chi connectivity index (χ2v) is 7.39. The Hall–Kier alpha value is -3.45. The van der Waals surface area contributed by atoms with Gasteiger partial charge < -0.3 is 13.7 Å². The van der Waals surface area contributed by atoms with Gasteiger partial charge in [0.1, 0.15) is 12.2 Å². The lowest BCUT2D eigenvalue weighted by atomic mass is 10.1. The minimum absolute atomic E-state index is 0.0216. The maximum absolute atomic E-state index is 12.2. The molecule has 0 saturated carbocycles. The molecule has 0 aliphatic rings. The SMILES string of the molecule is CCc1ccc2c(COC(=O)CCc3nc(-c4ccc(Cl)cc4)no3)cc(=O)oc2c1. The molecule has 2 aromatic heterocycles. The quantitative estimate of drug-likeness (QED) is 0.304. The number of aryl methyl sites for hydroxylation is 2. The number of carbonyl (C=O) groups is 1. The number of benzene rings is 2. The van der Waals surface area contributed by atoms with Gasteiger partial charge in [0.25, 0.3) is 0 Å². The minimum Gasteiger partial charge on any atom is -0.461 e. The molecule has 0 spiro atoms. The second kappa shape index (κ2) is 9.14. The Kier molecular flexibility index (Phi) is 6.13. The first kappa shape index (κ1) is 20.8. The third kappa shape index (κ3) is 5.00. The van der Waals surface area contributed by atoms with Gasteiger partial charge in [-0.25, -0.2) is 4.79 Å². The molecule has 4 rings (SSSR count). The van der Waals surface area contributed by atoms with Crippen molar-refractivity contribution in [1.29, 1.82) is 0 Å². The highest BCUT2D eigenvalue weighted by Gasteiger charge is 2.13. The van der Waals surface area contributed by atoms with Crippen LogP contribution in [0.5, 0.6) is 0 Å². The monoisotopic (exact) mass is 438 g/mol. The van der Waals surface area contributed by atoms with Crippen molar-refractivity contribution in [2.75, 3.05) is 0 Å². The molecule has 4 aromatic rings. The third-order valence-electron chi connectivity index (χ3n) is 4.81. The predicted molar refractivity (Wildman–Crippen MR) is 115 cm³/mol. The van der Waals surface area contributed by atoms with Crippen LogP contribution < -0.4 is 5.63 Å². The van der Waals surface area contributed by atoms with Crippen LogP contribution in [0.3, 0.4) is 0 Å². The van der Waals surface area contributed by atoms with Crippen molar-refractivity contribution in [2.24, 2.45) is 0 Å². The van der Waals surface area contributed by atoms with E-state index in [2.05, 4.69) is 10.1 Å². The molecule has 2 heterocycles. The summed E-state index contributed by atoms with van der Waals surface area (Å²) in [6.07, 6.45) is 1.15. The summed E-state index contributed by atoms with van der Waals surface area (Å²) < 4.78 is 15.8. The van der Waals surface area contributed by atoms with Crippen molar-refractivity contribution in [3.8, 4) is 11.4 Å². The highest BCUT2D eigenvalue weighted by atomic mass is 35.5. The molecule has 7 nitrogen and oxygen atoms in total. The van der Waals surface area contributed by atoms with Crippen LogP contribution in [0.4, 0.5) is 0 Å². The van der Waals surface area contributed by atoms with Crippen LogP contribution in [0.15, 0.2) is 62.3 Å². The largest absolute Gasteiger partial charge is 0.461 e. The van der Waals surface area contributed by atoms with Crippen LogP contribution >= 0.6 is 11.6 Å². The molecule has 0 radical (unpaired) electrons. The van der Waals surface area contributed by atoms with E-state index in [-0.39, 0.29) is 19.4 Å². The molecule has 0 unspecified atom stereocenters. The van der Waals surface area contributed by atoms with Crippen LogP contribution in [-0.4, -0.2) is 16.1 Å². The summed E-state index contributed by atoms with van der Waals surface area (Å²) in [5.41, 5.74) is 2.43. The van der Waals surface area contributed by atoms with Gasteiger partial charge in [-0.2, -0.15) is 4.98 Å². The van der Waals surface area contributed by atoms with Gasteiger partial charge in [0, 0.05) is 34.0 Å². The van der Waals surface area contributed by atoms with Crippen LogP contribution in [-0.2, 0) is 29.0 Å². The molecular weight excluding hydrogens is 420 g/mol. The van der Waals surface area contributed by atoms with E-state index in [0.29, 0.717) is 27.9 Å². The minimum atomic E-state index is -0.479. The number of nitrogens with zero attached hydrogens (tertiary/aromatic N) is 2. The summed E-state index contributed by atoms with van der Waals surface area (Å²) in [5.74, 6) is 0.326. The van der Waals surface area contributed by atoms with E-state index in [1.807, 2.05) is 25.1 Å². The molecule has 2 aromatic carbocycles. The molecule has 0 aliphatic carbocycles. The van der Waals surface area contributed by atoms with E-state index in [9.17, 15) is 9.59 Å². The summed E-state index contributed by atoms with van der Waals surface area (Å²) >= 11 is 5.88. The van der Waals surface area contributed by atoms with Crippen LogP contribution in [0, 0.1) is 0 Å². The highest BCUT2D eigenvalue weighted by Crippen LogP contribution is 2.21. The summed E-state index contributed by atoms with van der Waals surface area (Å²) in [5, 5.41) is 5.28. The first-order valence-corrected chi connectivity index (χ1v) is 10.2. The van der Waals surface area contributed by atoms with Crippen LogP contribution in [0.1, 0.15) is 30.4 Å². The number of fused-ring (bicyclic) bond motifs is 1. The summed E-state index contributed by atoms with van der Waals surface area (Å²) in [4.78, 5) is 28.3. The van der Waals surface area contributed by atoms with Gasteiger partial charge in [-0.15, -0.1) is 0 Å². The van der Waals surface area contributed by atoms with E-state index < -0.39 is 11.6 Å². The molecule has 0 N–H and O–H groups in total. The van der Waals surface area contributed by atoms with E-state index in [1.165, 1.54) is 6.07 Å². The molecule has 0 aliphatic heterocycles. The number of aromatic nitrogens is 2. The molecular formula is C23H19ClN2O5. The summed E-state index contributed by atoms with van der Waals surface area (Å²) in [7, 11) is 0. The zero-order chi connectivity index (χ0) is 21.8. The number of esters is 1. The molecule has 0 atom stereocenters. The van der Waals surface area contributed by atoms with Gasteiger partial charge in [-0.05, 0) is 42.3 Å². The lowest BCUT2D eigenvalue weighted by Crippen LogP contribution is -2.08. The van der Waals surface area contributed by atoms with Crippen LogP contribution in [0.2, 0.25) is 5.02 Å². The van der Waals surface area contributed by atoms with Gasteiger partial charge in [-0.1, -0.05) is 35.8 Å². The molecule has 0 bridgehead atoms. The Labute approximate surface area is 182 Å². The smallest absolute Gasteiger partial charge is 0.336 e. The van der Waals surface area contributed by atoms with Crippen molar-refractivity contribution >= 4 is 28.5 Å². The number of carbonyl (C=O) groups excluding carboxylic acids is 1. The van der Waals surface area contributed by atoms with Crippen molar-refractivity contribution in [3.05, 3.63) is 81.0 Å². The Bertz CT molecular complexity index is 1280. The molecule has 0 saturated heterocycles. The number of halogens is 1. The first-order valence-electron chi connectivity index (χ1n) is 9.81. The fraction of sp³-hybridized carbons (Fsp3) is 0.217. The number of rotatable bonds is 7. The van der Waals surface area contributed by atoms with Crippen molar-refractivity contribution in [3.63, 3.8) is 0 Å². The average molecular weight is 439 g/mol. The fourth-order valence-electron chi connectivity index (χ4n) is 3.13. The zero-order valence-corrected chi connectivity index (χ0v) is 17.5. The lowest BCUT2D eigenvalue weighted by Gasteiger charge is -2.07. The predicted octanol–water partition coefficient (Wildman–Crippen LogP) is 4.73. The summed E-state index contributed by atoms with van der Waals surface area (Å²) in [6, 6.07) is 14.1. The van der Waals surface area contributed by atoms with E-state index in [1.54, 1.807) is 24.3 Å². The Balaban J connectivity index is 1.37. The molecule has 158 valence electrons. The second-order valence-electron chi connectivity index (χ2n) is 6.95. The average Bonchev–Trinajstić information content (AvgIpc) is 3.25. The van der Waals surface area contributed by atoms with Crippen molar-refractivity contribution < 1.29 is 18.5 Å². The van der Waals surface area contributed by atoms with E-state index in [0.717, 1.165) is 22.9 Å².